The Hall–Kier alpha value is -1.29. The molecule has 0 radical (unpaired) electrons. The molecule has 2 heterocycles. The van der Waals surface area contributed by atoms with Crippen LogP contribution < -0.4 is 15.4 Å². The molecule has 0 spiro atoms. The molecule has 140 valence electrons. The highest BCUT2D eigenvalue weighted by Crippen LogP contribution is 2.24. The van der Waals surface area contributed by atoms with Crippen molar-refractivity contribution < 1.29 is 21.9 Å². The number of hydrogen-bond donors (Lipinski definition) is 2. The van der Waals surface area contributed by atoms with E-state index < -0.39 is 27.2 Å². The van der Waals surface area contributed by atoms with Crippen LogP contribution in [0.3, 0.4) is 0 Å². The first-order valence-electron chi connectivity index (χ1n) is 8.33. The molecule has 0 saturated carbocycles. The number of hydrogen-bond acceptors (Lipinski definition) is 5. The quantitative estimate of drug-likeness (QED) is 0.805. The predicted molar refractivity (Wildman–Crippen MR) is 89.8 cm³/mol. The van der Waals surface area contributed by atoms with Crippen molar-refractivity contribution in [1.29, 1.82) is 0 Å². The normalized spacial score (nSPS) is 26.0. The van der Waals surface area contributed by atoms with Gasteiger partial charge in [0.25, 0.3) is 0 Å². The Kier molecular flexibility index (Phi) is 5.29. The lowest BCUT2D eigenvalue weighted by molar-refractivity contribution is 0.129. The lowest BCUT2D eigenvalue weighted by Gasteiger charge is -2.34. The Morgan fingerprint density at radius 2 is 2.04 bits per heavy atom. The van der Waals surface area contributed by atoms with Gasteiger partial charge in [0.15, 0.2) is 11.6 Å². The lowest BCUT2D eigenvalue weighted by atomic mass is 10.1. The Bertz CT molecular complexity index is 715. The molecule has 1 atom stereocenters. The van der Waals surface area contributed by atoms with E-state index in [1.54, 1.807) is 0 Å². The third-order valence-electron chi connectivity index (χ3n) is 4.64. The number of benzene rings is 1. The molecule has 25 heavy (non-hydrogen) atoms. The number of rotatable bonds is 5. The van der Waals surface area contributed by atoms with Crippen molar-refractivity contribution >= 4 is 10.0 Å². The maximum Gasteiger partial charge on any atom is 0.215 e. The molecular weight excluding hydrogens is 352 g/mol. The fraction of sp³-hybridized carbons (Fsp3) is 0.625. The van der Waals surface area contributed by atoms with Crippen molar-refractivity contribution in [3.63, 3.8) is 0 Å². The van der Waals surface area contributed by atoms with Gasteiger partial charge in [-0.2, -0.15) is 0 Å². The molecule has 9 heteroatoms. The molecule has 6 nitrogen and oxygen atoms in total. The number of nitrogens with zero attached hydrogens (tertiary/aromatic N) is 1. The number of halogens is 2. The van der Waals surface area contributed by atoms with Crippen LogP contribution >= 0.6 is 0 Å². The second-order valence-corrected chi connectivity index (χ2v) is 8.86. The molecule has 0 aliphatic carbocycles. The van der Waals surface area contributed by atoms with Crippen molar-refractivity contribution in [1.82, 2.24) is 14.9 Å². The highest BCUT2D eigenvalue weighted by Gasteiger charge is 2.37. The van der Waals surface area contributed by atoms with Crippen LogP contribution in [0.5, 0.6) is 5.75 Å². The first kappa shape index (κ1) is 18.5. The van der Waals surface area contributed by atoms with Gasteiger partial charge in [-0.25, -0.2) is 21.5 Å². The van der Waals surface area contributed by atoms with Gasteiger partial charge in [-0.15, -0.1) is 0 Å². The summed E-state index contributed by atoms with van der Waals surface area (Å²) in [4.78, 5) is 0. The van der Waals surface area contributed by atoms with Crippen LogP contribution in [0.4, 0.5) is 8.78 Å². The largest absolute Gasteiger partial charge is 0.487 e. The van der Waals surface area contributed by atoms with Gasteiger partial charge in [-0.1, -0.05) is 0 Å². The SMILES string of the molecule is C[C@@]1(CS(=O)(=O)N2CCC(Oc3ccc(F)cc3F)CC2)CNCN1. The van der Waals surface area contributed by atoms with E-state index in [0.717, 1.165) is 12.1 Å². The number of sulfonamides is 1. The van der Waals surface area contributed by atoms with Crippen molar-refractivity contribution in [3.05, 3.63) is 29.8 Å². The van der Waals surface area contributed by atoms with Crippen LogP contribution in [0, 0.1) is 11.6 Å². The average molecular weight is 375 g/mol. The fourth-order valence-corrected chi connectivity index (χ4v) is 5.21. The predicted octanol–water partition coefficient (Wildman–Crippen LogP) is 1.05. The van der Waals surface area contributed by atoms with Crippen molar-refractivity contribution in [2.75, 3.05) is 32.1 Å². The van der Waals surface area contributed by atoms with Gasteiger partial charge in [0.2, 0.25) is 10.0 Å². The first-order chi connectivity index (χ1) is 11.8. The Morgan fingerprint density at radius 3 is 2.64 bits per heavy atom. The summed E-state index contributed by atoms with van der Waals surface area (Å²) in [6, 6.07) is 3.17. The molecular formula is C16H23F2N3O3S. The van der Waals surface area contributed by atoms with Crippen LogP contribution in [-0.4, -0.2) is 56.4 Å². The molecule has 0 bridgehead atoms. The minimum Gasteiger partial charge on any atom is -0.487 e. The van der Waals surface area contributed by atoms with E-state index in [0.29, 0.717) is 39.1 Å². The summed E-state index contributed by atoms with van der Waals surface area (Å²) in [7, 11) is -3.38. The van der Waals surface area contributed by atoms with Gasteiger partial charge in [0, 0.05) is 37.9 Å². The molecule has 1 aromatic carbocycles. The third-order valence-corrected chi connectivity index (χ3v) is 6.79. The van der Waals surface area contributed by atoms with Crippen LogP contribution in [0.25, 0.3) is 0 Å². The first-order valence-corrected chi connectivity index (χ1v) is 9.94. The van der Waals surface area contributed by atoms with E-state index in [-0.39, 0.29) is 17.6 Å². The monoisotopic (exact) mass is 375 g/mol. The Morgan fingerprint density at radius 1 is 1.32 bits per heavy atom. The smallest absolute Gasteiger partial charge is 0.215 e. The van der Waals surface area contributed by atoms with Crippen LogP contribution in [0.1, 0.15) is 19.8 Å². The fourth-order valence-electron chi connectivity index (χ4n) is 3.25. The van der Waals surface area contributed by atoms with Crippen molar-refractivity contribution in [2.24, 2.45) is 0 Å². The zero-order chi connectivity index (χ0) is 18.1. The van der Waals surface area contributed by atoms with Crippen molar-refractivity contribution in [2.45, 2.75) is 31.4 Å². The lowest BCUT2D eigenvalue weighted by Crippen LogP contribution is -2.51. The Balaban J connectivity index is 1.56. The number of ether oxygens (including phenoxy) is 1. The van der Waals surface area contributed by atoms with Gasteiger partial charge >= 0.3 is 0 Å². The van der Waals surface area contributed by atoms with Gasteiger partial charge in [0.05, 0.1) is 5.75 Å². The zero-order valence-electron chi connectivity index (χ0n) is 14.1. The number of piperidine rings is 1. The molecule has 0 amide bonds. The number of nitrogens with one attached hydrogen (secondary N) is 2. The second-order valence-electron chi connectivity index (χ2n) is 6.89. The van der Waals surface area contributed by atoms with E-state index in [9.17, 15) is 17.2 Å². The maximum atomic E-state index is 13.7. The van der Waals surface area contributed by atoms with E-state index in [1.165, 1.54) is 10.4 Å². The molecule has 2 aliphatic heterocycles. The van der Waals surface area contributed by atoms with E-state index >= 15 is 0 Å². The molecule has 3 rings (SSSR count). The molecule has 1 aromatic rings. The van der Waals surface area contributed by atoms with Gasteiger partial charge < -0.3 is 10.1 Å². The Labute approximate surface area is 146 Å². The summed E-state index contributed by atoms with van der Waals surface area (Å²) in [5.74, 6) is -1.38. The van der Waals surface area contributed by atoms with Crippen molar-refractivity contribution in [3.8, 4) is 5.75 Å². The second kappa shape index (κ2) is 7.14. The highest BCUT2D eigenvalue weighted by molar-refractivity contribution is 7.89. The molecule has 0 unspecified atom stereocenters. The summed E-state index contributed by atoms with van der Waals surface area (Å²) >= 11 is 0. The topological polar surface area (TPSA) is 70.7 Å². The highest BCUT2D eigenvalue weighted by atomic mass is 32.2. The summed E-state index contributed by atoms with van der Waals surface area (Å²) in [5.41, 5.74) is -0.469. The summed E-state index contributed by atoms with van der Waals surface area (Å²) in [6.07, 6.45) is 0.657. The maximum absolute atomic E-state index is 13.7. The van der Waals surface area contributed by atoms with Crippen LogP contribution in [-0.2, 0) is 10.0 Å². The average Bonchev–Trinajstić information content (AvgIpc) is 2.96. The van der Waals surface area contributed by atoms with Gasteiger partial charge in [-0.05, 0) is 31.9 Å². The van der Waals surface area contributed by atoms with E-state index in [1.807, 2.05) is 6.92 Å². The molecule has 2 N–H and O–H groups in total. The molecule has 2 saturated heterocycles. The molecule has 2 fully saturated rings. The van der Waals surface area contributed by atoms with Crippen LogP contribution in [0.2, 0.25) is 0 Å². The van der Waals surface area contributed by atoms with Crippen LogP contribution in [0.15, 0.2) is 18.2 Å². The summed E-state index contributed by atoms with van der Waals surface area (Å²) in [5, 5.41) is 6.27. The molecule has 2 aliphatic rings. The summed E-state index contributed by atoms with van der Waals surface area (Å²) < 4.78 is 58.9. The van der Waals surface area contributed by atoms with Gasteiger partial charge in [0.1, 0.15) is 11.9 Å². The minimum absolute atomic E-state index is 0.00329. The third kappa shape index (κ3) is 4.46. The van der Waals surface area contributed by atoms with E-state index in [2.05, 4.69) is 10.6 Å². The minimum atomic E-state index is -3.38. The van der Waals surface area contributed by atoms with E-state index in [4.69, 9.17) is 4.74 Å². The zero-order valence-corrected chi connectivity index (χ0v) is 14.9. The van der Waals surface area contributed by atoms with Gasteiger partial charge in [-0.3, -0.25) is 5.32 Å². The standard InChI is InChI=1S/C16H23F2N3O3S/c1-16(9-19-11-20-16)10-25(22,23)21-6-4-13(5-7-21)24-15-3-2-12(17)8-14(15)18/h2-3,8,13,19-20H,4-7,9-11H2,1H3/t16-/m0/s1. The molecule has 0 aromatic heterocycles. The summed E-state index contributed by atoms with van der Waals surface area (Å²) in [6.45, 7) is 3.76.